The lowest BCUT2D eigenvalue weighted by Gasteiger charge is -2.07. The number of carbonyl (C=O) groups excluding carboxylic acids is 1. The molecule has 0 atom stereocenters. The van der Waals surface area contributed by atoms with Gasteiger partial charge in [-0.25, -0.2) is 18.7 Å². The van der Waals surface area contributed by atoms with Crippen molar-refractivity contribution in [2.45, 2.75) is 6.92 Å². The number of anilines is 1. The van der Waals surface area contributed by atoms with Gasteiger partial charge in [0.25, 0.3) is 5.91 Å². The molecule has 0 bridgehead atoms. The predicted molar refractivity (Wildman–Crippen MR) is 84.4 cm³/mol. The topological polar surface area (TPSA) is 54.9 Å². The molecular weight excluding hydrogens is 339 g/mol. The lowest BCUT2D eigenvalue weighted by atomic mass is 10.0. The minimum atomic E-state index is -0.719. The van der Waals surface area contributed by atoms with E-state index in [-0.39, 0.29) is 16.4 Å². The molecule has 0 aliphatic heterocycles. The van der Waals surface area contributed by atoms with Gasteiger partial charge in [-0.15, -0.1) is 0 Å². The van der Waals surface area contributed by atoms with Crippen molar-refractivity contribution in [2.24, 2.45) is 0 Å². The number of nitrogens with one attached hydrogen (secondary N) is 1. The van der Waals surface area contributed by atoms with Gasteiger partial charge in [0.15, 0.2) is 10.3 Å². The fourth-order valence-electron chi connectivity index (χ4n) is 2.15. The SMILES string of the molecule is Cc1cc(-c2cc(F)cc(F)c2)cc(C(=O)Nc2ncc(F)s2)n1. The molecule has 3 rings (SSSR count). The van der Waals surface area contributed by atoms with Gasteiger partial charge < -0.3 is 0 Å². The van der Waals surface area contributed by atoms with E-state index < -0.39 is 22.7 Å². The summed E-state index contributed by atoms with van der Waals surface area (Å²) in [5.41, 5.74) is 1.25. The number of amides is 1. The number of pyridine rings is 1. The Morgan fingerprint density at radius 3 is 2.33 bits per heavy atom. The van der Waals surface area contributed by atoms with E-state index in [2.05, 4.69) is 15.3 Å². The molecule has 0 aliphatic rings. The Labute approximate surface area is 139 Å². The lowest BCUT2D eigenvalue weighted by Crippen LogP contribution is -2.14. The highest BCUT2D eigenvalue weighted by Gasteiger charge is 2.13. The summed E-state index contributed by atoms with van der Waals surface area (Å²) in [6, 6.07) is 6.10. The Bertz CT molecular complexity index is 906. The molecule has 1 N–H and O–H groups in total. The van der Waals surface area contributed by atoms with E-state index >= 15 is 0 Å². The van der Waals surface area contributed by atoms with Gasteiger partial charge in [0.1, 0.15) is 17.3 Å². The average molecular weight is 349 g/mol. The standard InChI is InChI=1S/C16H10F3N3OS/c1-8-2-9(10-3-11(17)6-12(18)4-10)5-13(21-8)15(23)22-16-20-7-14(19)24-16/h2-7H,1H3,(H,20,22,23). The van der Waals surface area contributed by atoms with Crippen molar-refractivity contribution in [3.05, 3.63) is 64.7 Å². The van der Waals surface area contributed by atoms with Crippen LogP contribution in [0.3, 0.4) is 0 Å². The lowest BCUT2D eigenvalue weighted by molar-refractivity contribution is 0.102. The first-order chi connectivity index (χ1) is 11.4. The number of rotatable bonds is 3. The number of nitrogens with zero attached hydrogens (tertiary/aromatic N) is 2. The van der Waals surface area contributed by atoms with E-state index in [4.69, 9.17) is 0 Å². The zero-order valence-corrected chi connectivity index (χ0v) is 13.1. The van der Waals surface area contributed by atoms with Gasteiger partial charge in [-0.05, 0) is 42.3 Å². The molecule has 1 amide bonds. The first kappa shape index (κ1) is 16.1. The molecule has 0 saturated carbocycles. The van der Waals surface area contributed by atoms with Crippen molar-refractivity contribution in [3.63, 3.8) is 0 Å². The normalized spacial score (nSPS) is 10.7. The maximum atomic E-state index is 13.4. The van der Waals surface area contributed by atoms with Crippen LogP contribution in [0.15, 0.2) is 36.5 Å². The summed E-state index contributed by atoms with van der Waals surface area (Å²) in [4.78, 5) is 20.0. The molecule has 3 aromatic rings. The number of benzene rings is 1. The van der Waals surface area contributed by atoms with Crippen molar-refractivity contribution in [3.8, 4) is 11.1 Å². The van der Waals surface area contributed by atoms with Gasteiger partial charge in [-0.1, -0.05) is 11.3 Å². The molecule has 2 heterocycles. The van der Waals surface area contributed by atoms with Gasteiger partial charge in [0.2, 0.25) is 0 Å². The Hall–Kier alpha value is -2.74. The zero-order valence-electron chi connectivity index (χ0n) is 12.3. The van der Waals surface area contributed by atoms with Crippen LogP contribution in [0.25, 0.3) is 11.1 Å². The van der Waals surface area contributed by atoms with Crippen molar-refractivity contribution in [2.75, 3.05) is 5.32 Å². The van der Waals surface area contributed by atoms with E-state index in [1.807, 2.05) is 0 Å². The maximum absolute atomic E-state index is 13.4. The number of hydrogen-bond acceptors (Lipinski definition) is 4. The molecule has 1 aromatic carbocycles. The summed E-state index contributed by atoms with van der Waals surface area (Å²) in [5, 5.41) is 1.99. The van der Waals surface area contributed by atoms with E-state index in [1.54, 1.807) is 13.0 Å². The van der Waals surface area contributed by atoms with Crippen LogP contribution in [0.1, 0.15) is 16.2 Å². The summed E-state index contributed by atoms with van der Waals surface area (Å²) in [5.74, 6) is -2.03. The Morgan fingerprint density at radius 2 is 1.71 bits per heavy atom. The highest BCUT2D eigenvalue weighted by Crippen LogP contribution is 2.24. The molecule has 4 nitrogen and oxygen atoms in total. The fourth-order valence-corrected chi connectivity index (χ4v) is 2.68. The second-order valence-corrected chi connectivity index (χ2v) is 5.95. The van der Waals surface area contributed by atoms with Gasteiger partial charge in [0.05, 0.1) is 6.20 Å². The second-order valence-electron chi connectivity index (χ2n) is 4.96. The first-order valence-electron chi connectivity index (χ1n) is 6.78. The van der Waals surface area contributed by atoms with E-state index in [0.29, 0.717) is 22.6 Å². The van der Waals surface area contributed by atoms with Crippen molar-refractivity contribution >= 4 is 22.4 Å². The van der Waals surface area contributed by atoms with Crippen LogP contribution in [0.4, 0.5) is 18.3 Å². The Balaban J connectivity index is 1.95. The van der Waals surface area contributed by atoms with Crippen molar-refractivity contribution in [1.29, 1.82) is 0 Å². The van der Waals surface area contributed by atoms with E-state index in [0.717, 1.165) is 24.4 Å². The summed E-state index contributed by atoms with van der Waals surface area (Å²) >= 11 is 0.683. The molecule has 24 heavy (non-hydrogen) atoms. The zero-order chi connectivity index (χ0) is 17.3. The molecule has 8 heteroatoms. The van der Waals surface area contributed by atoms with Crippen LogP contribution >= 0.6 is 11.3 Å². The van der Waals surface area contributed by atoms with Gasteiger partial charge >= 0.3 is 0 Å². The summed E-state index contributed by atoms with van der Waals surface area (Å²) < 4.78 is 39.7. The minimum absolute atomic E-state index is 0.0327. The number of hydrogen-bond donors (Lipinski definition) is 1. The highest BCUT2D eigenvalue weighted by atomic mass is 32.1. The quantitative estimate of drug-likeness (QED) is 0.772. The van der Waals surface area contributed by atoms with Gasteiger partial charge in [-0.2, -0.15) is 4.39 Å². The van der Waals surface area contributed by atoms with Crippen molar-refractivity contribution < 1.29 is 18.0 Å². The summed E-state index contributed by atoms with van der Waals surface area (Å²) in [6.45, 7) is 1.65. The summed E-state index contributed by atoms with van der Waals surface area (Å²) in [7, 11) is 0. The van der Waals surface area contributed by atoms with Crippen LogP contribution < -0.4 is 5.32 Å². The maximum Gasteiger partial charge on any atom is 0.276 e. The number of halogens is 3. The number of aryl methyl sites for hydroxylation is 1. The molecule has 0 spiro atoms. The molecule has 0 radical (unpaired) electrons. The van der Waals surface area contributed by atoms with E-state index in [1.165, 1.54) is 6.07 Å². The predicted octanol–water partition coefficient (Wildman–Crippen LogP) is 4.18. The third kappa shape index (κ3) is 3.60. The monoisotopic (exact) mass is 349 g/mol. The number of thiazole rings is 1. The van der Waals surface area contributed by atoms with Crippen LogP contribution in [0.5, 0.6) is 0 Å². The Kier molecular flexibility index (Phi) is 4.30. The number of carbonyl (C=O) groups is 1. The number of aromatic nitrogens is 2. The first-order valence-corrected chi connectivity index (χ1v) is 7.60. The van der Waals surface area contributed by atoms with E-state index in [9.17, 15) is 18.0 Å². The summed E-state index contributed by atoms with van der Waals surface area (Å²) in [6.07, 6.45) is 0.991. The minimum Gasteiger partial charge on any atom is -0.296 e. The van der Waals surface area contributed by atoms with Crippen LogP contribution in [-0.2, 0) is 0 Å². The molecule has 122 valence electrons. The highest BCUT2D eigenvalue weighted by molar-refractivity contribution is 7.14. The van der Waals surface area contributed by atoms with Crippen LogP contribution in [-0.4, -0.2) is 15.9 Å². The smallest absolute Gasteiger partial charge is 0.276 e. The molecule has 0 aliphatic carbocycles. The molecule has 2 aromatic heterocycles. The molecule has 0 saturated heterocycles. The van der Waals surface area contributed by atoms with Gasteiger partial charge in [0, 0.05) is 11.8 Å². The Morgan fingerprint density at radius 1 is 1.04 bits per heavy atom. The average Bonchev–Trinajstić information content (AvgIpc) is 2.90. The second kappa shape index (κ2) is 6.40. The van der Waals surface area contributed by atoms with Crippen LogP contribution in [0.2, 0.25) is 0 Å². The largest absolute Gasteiger partial charge is 0.296 e. The molecular formula is C16H10F3N3OS. The van der Waals surface area contributed by atoms with Crippen molar-refractivity contribution in [1.82, 2.24) is 9.97 Å². The molecule has 0 fully saturated rings. The fraction of sp³-hybridized carbons (Fsp3) is 0.0625. The molecule has 0 unspecified atom stereocenters. The van der Waals surface area contributed by atoms with Gasteiger partial charge in [-0.3, -0.25) is 10.1 Å². The third-order valence-corrected chi connectivity index (χ3v) is 3.78. The van der Waals surface area contributed by atoms with Crippen LogP contribution in [0, 0.1) is 23.7 Å². The third-order valence-electron chi connectivity index (χ3n) is 3.08.